The van der Waals surface area contributed by atoms with E-state index in [0.717, 1.165) is 12.0 Å². The van der Waals surface area contributed by atoms with Gasteiger partial charge in [-0.15, -0.1) is 0 Å². The Kier molecular flexibility index (Phi) is 4.06. The normalized spacial score (nSPS) is 12.3. The van der Waals surface area contributed by atoms with E-state index in [1.165, 1.54) is 12.1 Å². The van der Waals surface area contributed by atoms with Crippen LogP contribution in [0.4, 0.5) is 10.3 Å². The lowest BCUT2D eigenvalue weighted by Crippen LogP contribution is -2.12. The predicted molar refractivity (Wildman–Crippen MR) is 87.5 cm³/mol. The van der Waals surface area contributed by atoms with Crippen LogP contribution in [0.3, 0.4) is 0 Å². The molecule has 0 aliphatic heterocycles. The minimum atomic E-state index is -0.286. The maximum Gasteiger partial charge on any atom is 0.245 e. The zero-order valence-corrected chi connectivity index (χ0v) is 13.0. The molecule has 0 saturated heterocycles. The molecule has 1 atom stereocenters. The number of aromatic nitrogens is 3. The molecule has 1 unspecified atom stereocenters. The van der Waals surface area contributed by atoms with Crippen molar-refractivity contribution < 1.29 is 9.13 Å². The van der Waals surface area contributed by atoms with Crippen molar-refractivity contribution in [3.63, 3.8) is 0 Å². The highest BCUT2D eigenvalue weighted by atomic mass is 19.1. The van der Waals surface area contributed by atoms with Gasteiger partial charge in [-0.05, 0) is 49.7 Å². The van der Waals surface area contributed by atoms with Gasteiger partial charge in [-0.3, -0.25) is 0 Å². The van der Waals surface area contributed by atoms with Crippen molar-refractivity contribution in [2.45, 2.75) is 26.4 Å². The molecule has 0 aliphatic rings. The molecule has 0 spiro atoms. The van der Waals surface area contributed by atoms with Crippen LogP contribution in [0, 0.1) is 5.82 Å². The summed E-state index contributed by atoms with van der Waals surface area (Å²) in [6.45, 7) is 3.97. The quantitative estimate of drug-likeness (QED) is 0.797. The fourth-order valence-electron chi connectivity index (χ4n) is 2.14. The maximum atomic E-state index is 13.1. The molecule has 0 aliphatic carbocycles. The van der Waals surface area contributed by atoms with Gasteiger partial charge in [0.05, 0.1) is 17.3 Å². The van der Waals surface area contributed by atoms with Gasteiger partial charge in [0.1, 0.15) is 5.82 Å². The summed E-state index contributed by atoms with van der Waals surface area (Å²) < 4.78 is 18.9. The van der Waals surface area contributed by atoms with Crippen LogP contribution in [0.15, 0.2) is 36.4 Å². The molecule has 2 N–H and O–H groups in total. The molecular formula is C17H17FN4O. The van der Waals surface area contributed by atoms with Gasteiger partial charge in [0.2, 0.25) is 11.8 Å². The van der Waals surface area contributed by atoms with E-state index < -0.39 is 0 Å². The SMILES string of the molecule is CCC(C)Oc1nc(N)nc2ccc(-c3ccc(F)cc3)nc12. The number of anilines is 1. The predicted octanol–water partition coefficient (Wildman–Crippen LogP) is 3.59. The second kappa shape index (κ2) is 6.16. The van der Waals surface area contributed by atoms with Crippen molar-refractivity contribution in [3.05, 3.63) is 42.2 Å². The Hall–Kier alpha value is -2.76. The summed E-state index contributed by atoms with van der Waals surface area (Å²) in [5.74, 6) is 0.226. The number of fused-ring (bicyclic) bond motifs is 1. The molecular weight excluding hydrogens is 295 g/mol. The summed E-state index contributed by atoms with van der Waals surface area (Å²) in [4.78, 5) is 12.9. The second-order valence-electron chi connectivity index (χ2n) is 5.29. The van der Waals surface area contributed by atoms with Gasteiger partial charge in [-0.2, -0.15) is 4.98 Å². The summed E-state index contributed by atoms with van der Waals surface area (Å²) >= 11 is 0. The topological polar surface area (TPSA) is 73.9 Å². The van der Waals surface area contributed by atoms with Crippen LogP contribution in [-0.2, 0) is 0 Å². The van der Waals surface area contributed by atoms with Gasteiger partial charge < -0.3 is 10.5 Å². The minimum Gasteiger partial charge on any atom is -0.473 e. The number of nitrogen functional groups attached to an aromatic ring is 1. The van der Waals surface area contributed by atoms with E-state index in [1.54, 1.807) is 12.1 Å². The second-order valence-corrected chi connectivity index (χ2v) is 5.29. The smallest absolute Gasteiger partial charge is 0.245 e. The third-order valence-corrected chi connectivity index (χ3v) is 3.56. The molecule has 0 amide bonds. The van der Waals surface area contributed by atoms with E-state index in [4.69, 9.17) is 10.5 Å². The van der Waals surface area contributed by atoms with Crippen molar-refractivity contribution in [1.82, 2.24) is 15.0 Å². The summed E-state index contributed by atoms with van der Waals surface area (Å²) in [5, 5.41) is 0. The molecule has 0 bridgehead atoms. The first-order valence-corrected chi connectivity index (χ1v) is 7.43. The van der Waals surface area contributed by atoms with E-state index in [2.05, 4.69) is 15.0 Å². The van der Waals surface area contributed by atoms with Crippen LogP contribution >= 0.6 is 0 Å². The average molecular weight is 312 g/mol. The monoisotopic (exact) mass is 312 g/mol. The molecule has 2 aromatic heterocycles. The number of hydrogen-bond donors (Lipinski definition) is 1. The zero-order chi connectivity index (χ0) is 16.4. The van der Waals surface area contributed by atoms with E-state index in [-0.39, 0.29) is 17.9 Å². The standard InChI is InChI=1S/C17H17FN4O/c1-3-10(2)23-16-15-14(21-17(19)22-16)9-8-13(20-15)11-4-6-12(18)7-5-11/h4-10H,3H2,1-2H3,(H2,19,21,22). The Labute approximate surface area is 133 Å². The largest absolute Gasteiger partial charge is 0.473 e. The molecule has 0 radical (unpaired) electrons. The van der Waals surface area contributed by atoms with Gasteiger partial charge >= 0.3 is 0 Å². The Morgan fingerprint density at radius 3 is 2.52 bits per heavy atom. The molecule has 3 aromatic rings. The number of pyridine rings is 1. The number of benzene rings is 1. The molecule has 118 valence electrons. The Bertz CT molecular complexity index is 836. The molecule has 23 heavy (non-hydrogen) atoms. The first kappa shape index (κ1) is 15.1. The van der Waals surface area contributed by atoms with Crippen molar-refractivity contribution in [1.29, 1.82) is 0 Å². The number of ether oxygens (including phenoxy) is 1. The fourth-order valence-corrected chi connectivity index (χ4v) is 2.14. The van der Waals surface area contributed by atoms with Gasteiger partial charge in [-0.1, -0.05) is 6.92 Å². The first-order chi connectivity index (χ1) is 11.1. The molecule has 3 rings (SSSR count). The van der Waals surface area contributed by atoms with Gasteiger partial charge in [0, 0.05) is 5.56 Å². The van der Waals surface area contributed by atoms with Crippen LogP contribution in [0.25, 0.3) is 22.3 Å². The molecule has 1 aromatic carbocycles. The molecule has 0 saturated carbocycles. The van der Waals surface area contributed by atoms with Crippen molar-refractivity contribution in [2.75, 3.05) is 5.73 Å². The van der Waals surface area contributed by atoms with E-state index >= 15 is 0 Å². The summed E-state index contributed by atoms with van der Waals surface area (Å²) in [7, 11) is 0. The van der Waals surface area contributed by atoms with Crippen LogP contribution in [-0.4, -0.2) is 21.1 Å². The Balaban J connectivity index is 2.11. The zero-order valence-electron chi connectivity index (χ0n) is 13.0. The maximum absolute atomic E-state index is 13.1. The molecule has 0 fully saturated rings. The fraction of sp³-hybridized carbons (Fsp3) is 0.235. The highest BCUT2D eigenvalue weighted by Gasteiger charge is 2.13. The van der Waals surface area contributed by atoms with E-state index in [0.29, 0.717) is 22.6 Å². The average Bonchev–Trinajstić information content (AvgIpc) is 2.55. The Morgan fingerprint density at radius 2 is 1.83 bits per heavy atom. The van der Waals surface area contributed by atoms with Crippen LogP contribution in [0.1, 0.15) is 20.3 Å². The van der Waals surface area contributed by atoms with Gasteiger partial charge in [0.25, 0.3) is 0 Å². The third-order valence-electron chi connectivity index (χ3n) is 3.56. The van der Waals surface area contributed by atoms with E-state index in [1.807, 2.05) is 26.0 Å². The number of nitrogens with zero attached hydrogens (tertiary/aromatic N) is 3. The summed E-state index contributed by atoms with van der Waals surface area (Å²) in [5.41, 5.74) is 8.39. The lowest BCUT2D eigenvalue weighted by molar-refractivity contribution is 0.211. The number of rotatable bonds is 4. The molecule has 6 heteroatoms. The van der Waals surface area contributed by atoms with Crippen LogP contribution in [0.5, 0.6) is 5.88 Å². The lowest BCUT2D eigenvalue weighted by Gasteiger charge is -2.13. The third kappa shape index (κ3) is 3.21. The van der Waals surface area contributed by atoms with Crippen molar-refractivity contribution in [3.8, 4) is 17.1 Å². The lowest BCUT2D eigenvalue weighted by atomic mass is 10.1. The first-order valence-electron chi connectivity index (χ1n) is 7.43. The highest BCUT2D eigenvalue weighted by molar-refractivity contribution is 5.83. The minimum absolute atomic E-state index is 0.0104. The Morgan fingerprint density at radius 1 is 1.09 bits per heavy atom. The van der Waals surface area contributed by atoms with Crippen LogP contribution in [0.2, 0.25) is 0 Å². The highest BCUT2D eigenvalue weighted by Crippen LogP contribution is 2.26. The van der Waals surface area contributed by atoms with Gasteiger partial charge in [0.15, 0.2) is 5.52 Å². The van der Waals surface area contributed by atoms with Gasteiger partial charge in [-0.25, -0.2) is 14.4 Å². The van der Waals surface area contributed by atoms with Crippen molar-refractivity contribution in [2.24, 2.45) is 0 Å². The van der Waals surface area contributed by atoms with E-state index in [9.17, 15) is 4.39 Å². The van der Waals surface area contributed by atoms with Crippen molar-refractivity contribution >= 4 is 17.0 Å². The number of halogens is 1. The summed E-state index contributed by atoms with van der Waals surface area (Å²) in [6.07, 6.45) is 0.826. The molecule has 5 nitrogen and oxygen atoms in total. The number of nitrogens with two attached hydrogens (primary N) is 1. The number of hydrogen-bond acceptors (Lipinski definition) is 5. The van der Waals surface area contributed by atoms with Crippen LogP contribution < -0.4 is 10.5 Å². The summed E-state index contributed by atoms with van der Waals surface area (Å²) in [6, 6.07) is 9.78. The molecule has 2 heterocycles.